The first kappa shape index (κ1) is 8.81. The summed E-state index contributed by atoms with van der Waals surface area (Å²) in [6, 6.07) is 10.2. The van der Waals surface area contributed by atoms with E-state index in [0.29, 0.717) is 0 Å². The van der Waals surface area contributed by atoms with Crippen LogP contribution >= 0.6 is 0 Å². The average molecular weight is 187 g/mol. The lowest BCUT2D eigenvalue weighted by Gasteiger charge is -2.01. The number of hydrogen-bond acceptors (Lipinski definition) is 2. The second kappa shape index (κ2) is 3.54. The quantitative estimate of drug-likeness (QED) is 0.780. The molecule has 2 aromatic rings. The molecule has 0 atom stereocenters. The fraction of sp³-hybridized carbons (Fsp3) is 0.182. The molecule has 14 heavy (non-hydrogen) atoms. The van der Waals surface area contributed by atoms with E-state index < -0.39 is 0 Å². The van der Waals surface area contributed by atoms with Crippen LogP contribution in [-0.4, -0.2) is 16.8 Å². The molecule has 0 bridgehead atoms. The van der Waals surface area contributed by atoms with Gasteiger partial charge in [0, 0.05) is 31.5 Å². The lowest BCUT2D eigenvalue weighted by Crippen LogP contribution is -1.90. The normalized spacial score (nSPS) is 10.1. The molecule has 3 nitrogen and oxygen atoms in total. The summed E-state index contributed by atoms with van der Waals surface area (Å²) in [5.74, 6) is 0. The van der Waals surface area contributed by atoms with Gasteiger partial charge in [0.1, 0.15) is 0 Å². The molecule has 0 fully saturated rings. The first-order valence-corrected chi connectivity index (χ1v) is 4.57. The van der Waals surface area contributed by atoms with Crippen LogP contribution in [0.4, 0.5) is 5.69 Å². The van der Waals surface area contributed by atoms with Gasteiger partial charge in [0.25, 0.3) is 0 Å². The SMILES string of the molecule is CNc1cccc(-c2ccn(C)n2)c1. The fourth-order valence-corrected chi connectivity index (χ4v) is 1.40. The third kappa shape index (κ3) is 1.62. The second-order valence-electron chi connectivity index (χ2n) is 3.21. The van der Waals surface area contributed by atoms with E-state index in [-0.39, 0.29) is 0 Å². The maximum atomic E-state index is 4.35. The standard InChI is InChI=1S/C11H13N3/c1-12-10-5-3-4-9(8-10)11-6-7-14(2)13-11/h3-8,12H,1-2H3. The highest BCUT2D eigenvalue weighted by Gasteiger charge is 2.00. The van der Waals surface area contributed by atoms with E-state index in [1.54, 1.807) is 4.68 Å². The Morgan fingerprint density at radius 1 is 1.29 bits per heavy atom. The van der Waals surface area contributed by atoms with Gasteiger partial charge in [-0.05, 0) is 18.2 Å². The van der Waals surface area contributed by atoms with E-state index in [9.17, 15) is 0 Å². The van der Waals surface area contributed by atoms with Gasteiger partial charge in [-0.25, -0.2) is 0 Å². The summed E-state index contributed by atoms with van der Waals surface area (Å²) < 4.78 is 1.81. The molecule has 0 aliphatic rings. The van der Waals surface area contributed by atoms with Crippen LogP contribution in [-0.2, 0) is 7.05 Å². The van der Waals surface area contributed by atoms with Crippen LogP contribution in [0.3, 0.4) is 0 Å². The summed E-state index contributed by atoms with van der Waals surface area (Å²) in [7, 11) is 3.84. The maximum absolute atomic E-state index is 4.35. The Labute approximate surface area is 83.4 Å². The smallest absolute Gasteiger partial charge is 0.0923 e. The number of rotatable bonds is 2. The molecule has 0 aliphatic carbocycles. The summed E-state index contributed by atoms with van der Waals surface area (Å²) in [6.07, 6.45) is 1.95. The molecule has 0 radical (unpaired) electrons. The van der Waals surface area contributed by atoms with E-state index in [1.807, 2.05) is 38.5 Å². The minimum absolute atomic E-state index is 1.00. The summed E-state index contributed by atoms with van der Waals surface area (Å²) in [5.41, 5.74) is 3.25. The highest BCUT2D eigenvalue weighted by molar-refractivity contribution is 5.64. The molecule has 0 aliphatic heterocycles. The van der Waals surface area contributed by atoms with Crippen molar-refractivity contribution in [3.05, 3.63) is 36.5 Å². The largest absolute Gasteiger partial charge is 0.388 e. The molecule has 1 N–H and O–H groups in total. The van der Waals surface area contributed by atoms with Gasteiger partial charge in [0.2, 0.25) is 0 Å². The lowest BCUT2D eigenvalue weighted by molar-refractivity contribution is 0.771. The van der Waals surface area contributed by atoms with Crippen LogP contribution in [0.15, 0.2) is 36.5 Å². The first-order chi connectivity index (χ1) is 6.79. The summed E-state index contributed by atoms with van der Waals surface area (Å²) in [5, 5.41) is 7.45. The van der Waals surface area contributed by atoms with E-state index in [2.05, 4.69) is 22.5 Å². The Hall–Kier alpha value is -1.77. The van der Waals surface area contributed by atoms with Crippen molar-refractivity contribution in [2.24, 2.45) is 7.05 Å². The number of anilines is 1. The predicted octanol–water partition coefficient (Wildman–Crippen LogP) is 2.13. The monoisotopic (exact) mass is 187 g/mol. The fourth-order valence-electron chi connectivity index (χ4n) is 1.40. The molecule has 2 rings (SSSR count). The molecule has 72 valence electrons. The molecule has 1 heterocycles. The topological polar surface area (TPSA) is 29.9 Å². The second-order valence-corrected chi connectivity index (χ2v) is 3.21. The Balaban J connectivity index is 2.41. The lowest BCUT2D eigenvalue weighted by atomic mass is 10.1. The van der Waals surface area contributed by atoms with Gasteiger partial charge in [-0.2, -0.15) is 5.10 Å². The van der Waals surface area contributed by atoms with Gasteiger partial charge in [0.05, 0.1) is 5.69 Å². The number of nitrogens with zero attached hydrogens (tertiary/aromatic N) is 2. The molecule has 0 saturated heterocycles. The number of aromatic nitrogens is 2. The predicted molar refractivity (Wildman–Crippen MR) is 58.2 cm³/mol. The zero-order valence-corrected chi connectivity index (χ0v) is 8.36. The van der Waals surface area contributed by atoms with Crippen LogP contribution < -0.4 is 5.32 Å². The molecule has 1 aromatic heterocycles. The highest BCUT2D eigenvalue weighted by Crippen LogP contribution is 2.20. The van der Waals surface area contributed by atoms with Crippen molar-refractivity contribution < 1.29 is 0 Å². The summed E-state index contributed by atoms with van der Waals surface area (Å²) in [4.78, 5) is 0. The molecule has 0 spiro atoms. The van der Waals surface area contributed by atoms with Crippen molar-refractivity contribution in [2.75, 3.05) is 12.4 Å². The minimum Gasteiger partial charge on any atom is -0.388 e. The summed E-state index contributed by atoms with van der Waals surface area (Å²) in [6.45, 7) is 0. The van der Waals surface area contributed by atoms with Crippen molar-refractivity contribution in [3.63, 3.8) is 0 Å². The van der Waals surface area contributed by atoms with Crippen molar-refractivity contribution in [3.8, 4) is 11.3 Å². The molecule has 1 aromatic carbocycles. The van der Waals surface area contributed by atoms with Gasteiger partial charge >= 0.3 is 0 Å². The molecule has 0 amide bonds. The molecule has 0 saturated carbocycles. The van der Waals surface area contributed by atoms with Gasteiger partial charge in [0.15, 0.2) is 0 Å². The molecular weight excluding hydrogens is 174 g/mol. The molecule has 3 heteroatoms. The van der Waals surface area contributed by atoms with E-state index in [1.165, 1.54) is 0 Å². The Morgan fingerprint density at radius 2 is 2.14 bits per heavy atom. The van der Waals surface area contributed by atoms with Crippen LogP contribution in [0.25, 0.3) is 11.3 Å². The molecule has 0 unspecified atom stereocenters. The third-order valence-corrected chi connectivity index (χ3v) is 2.16. The van der Waals surface area contributed by atoms with Crippen LogP contribution in [0, 0.1) is 0 Å². The van der Waals surface area contributed by atoms with Crippen molar-refractivity contribution in [1.29, 1.82) is 0 Å². The van der Waals surface area contributed by atoms with Crippen molar-refractivity contribution >= 4 is 5.69 Å². The number of aryl methyl sites for hydroxylation is 1. The van der Waals surface area contributed by atoms with Crippen LogP contribution in [0.1, 0.15) is 0 Å². The Bertz CT molecular complexity index is 432. The van der Waals surface area contributed by atoms with Gasteiger partial charge < -0.3 is 5.32 Å². The van der Waals surface area contributed by atoms with Gasteiger partial charge in [-0.1, -0.05) is 12.1 Å². The Morgan fingerprint density at radius 3 is 2.79 bits per heavy atom. The highest BCUT2D eigenvalue weighted by atomic mass is 15.2. The minimum atomic E-state index is 1.00. The third-order valence-electron chi connectivity index (χ3n) is 2.16. The van der Waals surface area contributed by atoms with Gasteiger partial charge in [-0.3, -0.25) is 4.68 Å². The zero-order valence-electron chi connectivity index (χ0n) is 8.36. The average Bonchev–Trinajstić information content (AvgIpc) is 2.65. The summed E-state index contributed by atoms with van der Waals surface area (Å²) >= 11 is 0. The van der Waals surface area contributed by atoms with Crippen LogP contribution in [0.5, 0.6) is 0 Å². The first-order valence-electron chi connectivity index (χ1n) is 4.57. The van der Waals surface area contributed by atoms with Gasteiger partial charge in [-0.15, -0.1) is 0 Å². The number of nitrogens with one attached hydrogen (secondary N) is 1. The zero-order chi connectivity index (χ0) is 9.97. The number of benzene rings is 1. The number of hydrogen-bond donors (Lipinski definition) is 1. The van der Waals surface area contributed by atoms with Crippen LogP contribution in [0.2, 0.25) is 0 Å². The molecular formula is C11H13N3. The van der Waals surface area contributed by atoms with E-state index in [0.717, 1.165) is 16.9 Å². The Kier molecular flexibility index (Phi) is 2.23. The van der Waals surface area contributed by atoms with Crippen molar-refractivity contribution in [2.45, 2.75) is 0 Å². The van der Waals surface area contributed by atoms with E-state index in [4.69, 9.17) is 0 Å². The maximum Gasteiger partial charge on any atom is 0.0923 e. The van der Waals surface area contributed by atoms with E-state index >= 15 is 0 Å². The van der Waals surface area contributed by atoms with Crippen molar-refractivity contribution in [1.82, 2.24) is 9.78 Å².